The van der Waals surface area contributed by atoms with Crippen molar-refractivity contribution in [2.45, 2.75) is 38.7 Å². The number of hydrogen-bond acceptors (Lipinski definition) is 5. The third-order valence-electron chi connectivity index (χ3n) is 5.66. The van der Waals surface area contributed by atoms with Gasteiger partial charge in [0.1, 0.15) is 12.4 Å². The minimum Gasteiger partial charge on any atom is -0.496 e. The van der Waals surface area contributed by atoms with Crippen LogP contribution in [0.25, 0.3) is 0 Å². The fourth-order valence-electron chi connectivity index (χ4n) is 4.27. The number of allylic oxidation sites excluding steroid dienone is 3. The Balaban J connectivity index is 1.75. The van der Waals surface area contributed by atoms with Crippen LogP contribution in [0.1, 0.15) is 43.2 Å². The number of nitrogens with one attached hydrogen (secondary N) is 1. The van der Waals surface area contributed by atoms with Crippen LogP contribution in [0.4, 0.5) is 0 Å². The van der Waals surface area contributed by atoms with Gasteiger partial charge >= 0.3 is 5.97 Å². The largest absolute Gasteiger partial charge is 0.496 e. The number of para-hydroxylation sites is 1. The van der Waals surface area contributed by atoms with Gasteiger partial charge in [-0.05, 0) is 31.4 Å². The van der Waals surface area contributed by atoms with E-state index in [0.717, 1.165) is 35.4 Å². The number of rotatable bonds is 5. The Morgan fingerprint density at radius 1 is 1.07 bits per heavy atom. The molecule has 1 atom stereocenters. The van der Waals surface area contributed by atoms with Gasteiger partial charge in [0.15, 0.2) is 5.78 Å². The molecule has 154 valence electrons. The van der Waals surface area contributed by atoms with E-state index in [0.29, 0.717) is 23.3 Å². The first kappa shape index (κ1) is 20.0. The van der Waals surface area contributed by atoms with Gasteiger partial charge in [-0.1, -0.05) is 48.5 Å². The van der Waals surface area contributed by atoms with Gasteiger partial charge in [0, 0.05) is 29.0 Å². The van der Waals surface area contributed by atoms with Crippen molar-refractivity contribution >= 4 is 11.8 Å². The molecule has 4 rings (SSSR count). The molecule has 0 fully saturated rings. The maximum atomic E-state index is 13.3. The number of carbonyl (C=O) groups excluding carboxylic acids is 2. The molecule has 1 N–H and O–H groups in total. The van der Waals surface area contributed by atoms with Crippen molar-refractivity contribution in [3.8, 4) is 5.75 Å². The standard InChI is InChI=1S/C25H25NO4/c1-16-22(25(28)30-15-17-9-4-3-5-10-17)23(18-11-6-7-14-21(18)29-2)24-19(26-16)12-8-13-20(24)27/h3-7,9-11,14,23,26H,8,12-13,15H2,1-2H3/t23-/m0/s1. The predicted octanol–water partition coefficient (Wildman–Crippen LogP) is 4.41. The molecule has 0 saturated heterocycles. The second-order valence-electron chi connectivity index (χ2n) is 7.57. The summed E-state index contributed by atoms with van der Waals surface area (Å²) >= 11 is 0. The summed E-state index contributed by atoms with van der Waals surface area (Å²) in [7, 11) is 1.60. The third-order valence-corrected chi connectivity index (χ3v) is 5.66. The van der Waals surface area contributed by atoms with Crippen molar-refractivity contribution in [1.29, 1.82) is 0 Å². The molecule has 0 saturated carbocycles. The van der Waals surface area contributed by atoms with Gasteiger partial charge in [-0.15, -0.1) is 0 Å². The first-order chi connectivity index (χ1) is 14.6. The van der Waals surface area contributed by atoms with E-state index in [1.54, 1.807) is 7.11 Å². The van der Waals surface area contributed by atoms with Crippen LogP contribution in [0.2, 0.25) is 0 Å². The maximum Gasteiger partial charge on any atom is 0.337 e. The van der Waals surface area contributed by atoms with Gasteiger partial charge < -0.3 is 14.8 Å². The summed E-state index contributed by atoms with van der Waals surface area (Å²) in [5.41, 5.74) is 4.45. The number of ketones is 1. The van der Waals surface area contributed by atoms with Crippen molar-refractivity contribution in [3.05, 3.63) is 88.3 Å². The topological polar surface area (TPSA) is 64.6 Å². The number of hydrogen-bond donors (Lipinski definition) is 1. The quantitative estimate of drug-likeness (QED) is 0.750. The number of methoxy groups -OCH3 is 1. The normalized spacial score (nSPS) is 18.6. The van der Waals surface area contributed by atoms with Gasteiger partial charge in [0.05, 0.1) is 18.6 Å². The van der Waals surface area contributed by atoms with Gasteiger partial charge in [0.2, 0.25) is 0 Å². The summed E-state index contributed by atoms with van der Waals surface area (Å²) in [6.45, 7) is 2.04. The van der Waals surface area contributed by atoms with E-state index in [9.17, 15) is 9.59 Å². The van der Waals surface area contributed by atoms with Crippen LogP contribution in [0.15, 0.2) is 77.1 Å². The highest BCUT2D eigenvalue weighted by Gasteiger charge is 2.40. The highest BCUT2D eigenvalue weighted by molar-refractivity contribution is 6.04. The van der Waals surface area contributed by atoms with E-state index in [-0.39, 0.29) is 12.4 Å². The highest BCUT2D eigenvalue weighted by atomic mass is 16.5. The van der Waals surface area contributed by atoms with E-state index in [2.05, 4.69) is 5.32 Å². The Morgan fingerprint density at radius 3 is 2.57 bits per heavy atom. The van der Waals surface area contributed by atoms with Crippen molar-refractivity contribution in [1.82, 2.24) is 5.32 Å². The minimum atomic E-state index is -0.506. The van der Waals surface area contributed by atoms with Crippen LogP contribution < -0.4 is 10.1 Å². The second kappa shape index (κ2) is 8.57. The van der Waals surface area contributed by atoms with Crippen LogP contribution in [0.5, 0.6) is 5.75 Å². The number of benzene rings is 2. The Labute approximate surface area is 176 Å². The first-order valence-electron chi connectivity index (χ1n) is 10.2. The predicted molar refractivity (Wildman–Crippen MR) is 114 cm³/mol. The van der Waals surface area contributed by atoms with Gasteiger partial charge in [-0.2, -0.15) is 0 Å². The van der Waals surface area contributed by atoms with E-state index in [1.165, 1.54) is 0 Å². The average molecular weight is 403 g/mol. The molecule has 0 aromatic heterocycles. The SMILES string of the molecule is COc1ccccc1[C@H]1C(C(=O)OCc2ccccc2)=C(C)NC2=C1C(=O)CCC2. The molecule has 1 aliphatic heterocycles. The van der Waals surface area contributed by atoms with Gasteiger partial charge in [0.25, 0.3) is 0 Å². The molecule has 0 spiro atoms. The lowest BCUT2D eigenvalue weighted by Crippen LogP contribution is -2.34. The fourth-order valence-corrected chi connectivity index (χ4v) is 4.27. The molecule has 1 aliphatic carbocycles. The molecular formula is C25H25NO4. The lowest BCUT2D eigenvalue weighted by atomic mass is 9.75. The smallest absolute Gasteiger partial charge is 0.337 e. The molecule has 5 nitrogen and oxygen atoms in total. The molecule has 2 aromatic rings. The van der Waals surface area contributed by atoms with E-state index in [1.807, 2.05) is 61.5 Å². The number of esters is 1. The molecule has 30 heavy (non-hydrogen) atoms. The average Bonchev–Trinajstić information content (AvgIpc) is 2.77. The molecule has 2 aromatic carbocycles. The molecule has 0 radical (unpaired) electrons. The summed E-state index contributed by atoms with van der Waals surface area (Å²) < 4.78 is 11.2. The molecule has 5 heteroatoms. The second-order valence-corrected chi connectivity index (χ2v) is 7.57. The van der Waals surface area contributed by atoms with Gasteiger partial charge in [-0.25, -0.2) is 4.79 Å². The third kappa shape index (κ3) is 3.75. The van der Waals surface area contributed by atoms with Crippen LogP contribution in [-0.4, -0.2) is 18.9 Å². The minimum absolute atomic E-state index is 0.0699. The Kier molecular flexibility index (Phi) is 5.70. The molecule has 0 bridgehead atoms. The summed E-state index contributed by atoms with van der Waals surface area (Å²) in [5.74, 6) is -0.213. The molecular weight excluding hydrogens is 378 g/mol. The summed E-state index contributed by atoms with van der Waals surface area (Å²) in [6.07, 6.45) is 2.08. The Hall–Kier alpha value is -3.34. The van der Waals surface area contributed by atoms with Crippen LogP contribution in [0.3, 0.4) is 0 Å². The summed E-state index contributed by atoms with van der Waals surface area (Å²) in [5, 5.41) is 3.31. The van der Waals surface area contributed by atoms with Crippen molar-refractivity contribution in [2.24, 2.45) is 0 Å². The van der Waals surface area contributed by atoms with Crippen molar-refractivity contribution in [3.63, 3.8) is 0 Å². The number of ether oxygens (including phenoxy) is 2. The van der Waals surface area contributed by atoms with Crippen LogP contribution in [-0.2, 0) is 20.9 Å². The number of carbonyl (C=O) groups is 2. The lowest BCUT2D eigenvalue weighted by molar-refractivity contribution is -0.140. The molecule has 0 unspecified atom stereocenters. The number of dihydropyridines is 1. The van der Waals surface area contributed by atoms with Crippen molar-refractivity contribution < 1.29 is 19.1 Å². The van der Waals surface area contributed by atoms with Crippen molar-refractivity contribution in [2.75, 3.05) is 7.11 Å². The van der Waals surface area contributed by atoms with E-state index < -0.39 is 11.9 Å². The van der Waals surface area contributed by atoms with Gasteiger partial charge in [-0.3, -0.25) is 4.79 Å². The zero-order valence-electron chi connectivity index (χ0n) is 17.2. The molecule has 2 aliphatic rings. The van der Waals surface area contributed by atoms with Crippen LogP contribution in [0, 0.1) is 0 Å². The van der Waals surface area contributed by atoms with E-state index >= 15 is 0 Å². The molecule has 0 amide bonds. The monoisotopic (exact) mass is 403 g/mol. The van der Waals surface area contributed by atoms with E-state index in [4.69, 9.17) is 9.47 Å². The Morgan fingerprint density at radius 2 is 1.80 bits per heavy atom. The number of Topliss-reactive ketones (excluding diaryl/α,β-unsaturated/α-hetero) is 1. The highest BCUT2D eigenvalue weighted by Crippen LogP contribution is 2.45. The lowest BCUT2D eigenvalue weighted by Gasteiger charge is -2.34. The zero-order chi connectivity index (χ0) is 21.1. The summed E-state index contributed by atoms with van der Waals surface area (Å²) in [6, 6.07) is 17.1. The molecule has 1 heterocycles. The summed E-state index contributed by atoms with van der Waals surface area (Å²) in [4.78, 5) is 26.2. The van der Waals surface area contributed by atoms with Crippen LogP contribution >= 0.6 is 0 Å². The first-order valence-corrected chi connectivity index (χ1v) is 10.2. The zero-order valence-corrected chi connectivity index (χ0v) is 17.2. The Bertz CT molecular complexity index is 1040. The fraction of sp³-hybridized carbons (Fsp3) is 0.280. The maximum absolute atomic E-state index is 13.3.